The highest BCUT2D eigenvalue weighted by Gasteiger charge is 2.35. The third kappa shape index (κ3) is 5.56. The van der Waals surface area contributed by atoms with Crippen LogP contribution in [0.3, 0.4) is 0 Å². The number of methoxy groups -OCH3 is 1. The molecule has 0 aromatic heterocycles. The lowest BCUT2D eigenvalue weighted by molar-refractivity contribution is -0.384. The molecule has 1 fully saturated rings. The van der Waals surface area contributed by atoms with Crippen LogP contribution in [0.4, 0.5) is 11.4 Å². The van der Waals surface area contributed by atoms with Crippen molar-refractivity contribution in [2.45, 2.75) is 13.0 Å². The molecule has 1 atom stereocenters. The summed E-state index contributed by atoms with van der Waals surface area (Å²) in [6, 6.07) is 13.4. The van der Waals surface area contributed by atoms with Gasteiger partial charge in [-0.05, 0) is 17.7 Å². The normalized spacial score (nSPS) is 15.5. The molecule has 1 aliphatic heterocycles. The van der Waals surface area contributed by atoms with E-state index in [0.29, 0.717) is 6.54 Å². The van der Waals surface area contributed by atoms with Gasteiger partial charge < -0.3 is 19.7 Å². The van der Waals surface area contributed by atoms with Gasteiger partial charge >= 0.3 is 5.97 Å². The predicted octanol–water partition coefficient (Wildman–Crippen LogP) is 2.13. The minimum Gasteiger partial charge on any atom is -0.496 e. The summed E-state index contributed by atoms with van der Waals surface area (Å²) in [7, 11) is 1.37. The standard InChI is InChI=1S/C21H21N3O7/c1-30-16-7-8-17(18(10-16)24(28)29)22-19(25)13-31-21(27)15-9-20(26)23(12-15)11-14-5-3-2-4-6-14/h2-8,10,15H,9,11-13H2,1H3,(H,22,25). The summed E-state index contributed by atoms with van der Waals surface area (Å²) < 4.78 is 9.97. The largest absolute Gasteiger partial charge is 0.496 e. The van der Waals surface area contributed by atoms with Crippen LogP contribution >= 0.6 is 0 Å². The Bertz CT molecular complexity index is 994. The third-order valence-electron chi connectivity index (χ3n) is 4.79. The Morgan fingerprint density at radius 2 is 1.97 bits per heavy atom. The number of amides is 2. The number of nitro benzene ring substituents is 1. The minimum atomic E-state index is -0.730. The zero-order valence-electron chi connectivity index (χ0n) is 16.8. The molecule has 162 valence electrons. The second kappa shape index (κ2) is 9.70. The molecule has 2 aromatic rings. The Kier molecular flexibility index (Phi) is 6.81. The van der Waals surface area contributed by atoms with Gasteiger partial charge in [-0.15, -0.1) is 0 Å². The number of rotatable bonds is 8. The van der Waals surface area contributed by atoms with E-state index in [2.05, 4.69) is 5.32 Å². The first kappa shape index (κ1) is 21.8. The number of ether oxygens (including phenoxy) is 2. The number of hydrogen-bond acceptors (Lipinski definition) is 7. The van der Waals surface area contributed by atoms with Crippen molar-refractivity contribution in [3.8, 4) is 5.75 Å². The maximum absolute atomic E-state index is 12.3. The van der Waals surface area contributed by atoms with Gasteiger partial charge in [-0.25, -0.2) is 0 Å². The van der Waals surface area contributed by atoms with E-state index in [1.807, 2.05) is 30.3 Å². The molecule has 10 heteroatoms. The van der Waals surface area contributed by atoms with Crippen molar-refractivity contribution in [2.24, 2.45) is 5.92 Å². The van der Waals surface area contributed by atoms with Crippen LogP contribution in [0.5, 0.6) is 5.75 Å². The van der Waals surface area contributed by atoms with Crippen molar-refractivity contribution in [1.82, 2.24) is 4.90 Å². The van der Waals surface area contributed by atoms with Crippen LogP contribution in [0, 0.1) is 16.0 Å². The SMILES string of the molecule is COc1ccc(NC(=O)COC(=O)C2CC(=O)N(Cc3ccccc3)C2)c([N+](=O)[O-])c1. The third-order valence-corrected chi connectivity index (χ3v) is 4.79. The minimum absolute atomic E-state index is 0.0111. The number of carbonyl (C=O) groups is 3. The van der Waals surface area contributed by atoms with Gasteiger partial charge in [0.15, 0.2) is 6.61 Å². The summed E-state index contributed by atoms with van der Waals surface area (Å²) in [4.78, 5) is 48.7. The molecule has 1 heterocycles. The van der Waals surface area contributed by atoms with Crippen LogP contribution < -0.4 is 10.1 Å². The molecule has 0 aliphatic carbocycles. The fourth-order valence-electron chi connectivity index (χ4n) is 3.22. The van der Waals surface area contributed by atoms with Crippen molar-refractivity contribution in [2.75, 3.05) is 25.6 Å². The van der Waals surface area contributed by atoms with E-state index in [9.17, 15) is 24.5 Å². The smallest absolute Gasteiger partial charge is 0.311 e. The second-order valence-corrected chi connectivity index (χ2v) is 6.96. The molecule has 31 heavy (non-hydrogen) atoms. The highest BCUT2D eigenvalue weighted by atomic mass is 16.6. The van der Waals surface area contributed by atoms with E-state index in [1.54, 1.807) is 4.90 Å². The van der Waals surface area contributed by atoms with Crippen LogP contribution in [0.15, 0.2) is 48.5 Å². The number of likely N-dealkylation sites (tertiary alicyclic amines) is 1. The summed E-state index contributed by atoms with van der Waals surface area (Å²) >= 11 is 0. The van der Waals surface area contributed by atoms with Gasteiger partial charge in [-0.2, -0.15) is 0 Å². The molecule has 1 N–H and O–H groups in total. The lowest BCUT2D eigenvalue weighted by Gasteiger charge is -2.16. The molecule has 0 spiro atoms. The number of nitro groups is 1. The van der Waals surface area contributed by atoms with Crippen molar-refractivity contribution in [3.63, 3.8) is 0 Å². The second-order valence-electron chi connectivity index (χ2n) is 6.96. The molecule has 2 aromatic carbocycles. The summed E-state index contributed by atoms with van der Waals surface area (Å²) in [6.45, 7) is -0.0192. The monoisotopic (exact) mass is 427 g/mol. The van der Waals surface area contributed by atoms with Gasteiger partial charge in [0.2, 0.25) is 5.91 Å². The number of nitrogens with one attached hydrogen (secondary N) is 1. The molecule has 1 unspecified atom stereocenters. The van der Waals surface area contributed by atoms with E-state index < -0.39 is 29.3 Å². The Morgan fingerprint density at radius 3 is 2.65 bits per heavy atom. The summed E-state index contributed by atoms with van der Waals surface area (Å²) in [5.74, 6) is -1.96. The maximum atomic E-state index is 12.3. The molecule has 1 saturated heterocycles. The zero-order valence-corrected chi connectivity index (χ0v) is 16.8. The topological polar surface area (TPSA) is 128 Å². The highest BCUT2D eigenvalue weighted by Crippen LogP contribution is 2.29. The fourth-order valence-corrected chi connectivity index (χ4v) is 3.22. The summed E-state index contributed by atoms with van der Waals surface area (Å²) in [5, 5.41) is 13.5. The first-order valence-corrected chi connectivity index (χ1v) is 9.48. The molecule has 0 saturated carbocycles. The first-order valence-electron chi connectivity index (χ1n) is 9.48. The summed E-state index contributed by atoms with van der Waals surface area (Å²) in [6.07, 6.45) is 0.0111. The van der Waals surface area contributed by atoms with Crippen LogP contribution in [-0.2, 0) is 25.7 Å². The molecule has 0 bridgehead atoms. The Balaban J connectivity index is 1.52. The van der Waals surface area contributed by atoms with Gasteiger partial charge in [0.1, 0.15) is 11.4 Å². The van der Waals surface area contributed by atoms with Gasteiger partial charge in [-0.1, -0.05) is 30.3 Å². The van der Waals surface area contributed by atoms with E-state index in [1.165, 1.54) is 25.3 Å². The van der Waals surface area contributed by atoms with Gasteiger partial charge in [0.05, 0.1) is 24.0 Å². The lowest BCUT2D eigenvalue weighted by Crippen LogP contribution is -2.28. The molecule has 2 amide bonds. The van der Waals surface area contributed by atoms with Crippen molar-refractivity contribution in [3.05, 3.63) is 64.2 Å². The quantitative estimate of drug-likeness (QED) is 0.388. The average molecular weight is 427 g/mol. The Hall–Kier alpha value is -3.95. The van der Waals surface area contributed by atoms with E-state index >= 15 is 0 Å². The number of nitrogens with zero attached hydrogens (tertiary/aromatic N) is 2. The number of carbonyl (C=O) groups excluding carboxylic acids is 3. The fraction of sp³-hybridized carbons (Fsp3) is 0.286. The van der Waals surface area contributed by atoms with Gasteiger partial charge in [0, 0.05) is 19.5 Å². The number of anilines is 1. The van der Waals surface area contributed by atoms with Crippen LogP contribution in [-0.4, -0.2) is 47.9 Å². The highest BCUT2D eigenvalue weighted by molar-refractivity contribution is 5.95. The van der Waals surface area contributed by atoms with Crippen LogP contribution in [0.25, 0.3) is 0 Å². The van der Waals surface area contributed by atoms with Crippen molar-refractivity contribution in [1.29, 1.82) is 0 Å². The predicted molar refractivity (Wildman–Crippen MR) is 109 cm³/mol. The zero-order chi connectivity index (χ0) is 22.4. The first-order chi connectivity index (χ1) is 14.9. The molecule has 10 nitrogen and oxygen atoms in total. The Labute approximate surface area is 177 Å². The average Bonchev–Trinajstić information content (AvgIpc) is 3.13. The van der Waals surface area contributed by atoms with Crippen molar-refractivity contribution >= 4 is 29.2 Å². The maximum Gasteiger partial charge on any atom is 0.311 e. The molecular formula is C21H21N3O7. The van der Waals surface area contributed by atoms with E-state index in [-0.39, 0.29) is 36.0 Å². The Morgan fingerprint density at radius 1 is 1.23 bits per heavy atom. The lowest BCUT2D eigenvalue weighted by atomic mass is 10.1. The number of esters is 1. The van der Waals surface area contributed by atoms with Gasteiger partial charge in [0.25, 0.3) is 11.6 Å². The molecule has 3 rings (SSSR count). The van der Waals surface area contributed by atoms with E-state index in [4.69, 9.17) is 9.47 Å². The summed E-state index contributed by atoms with van der Waals surface area (Å²) in [5.41, 5.74) is 0.555. The molecule has 1 aliphatic rings. The molecular weight excluding hydrogens is 406 g/mol. The van der Waals surface area contributed by atoms with Crippen LogP contribution in [0.2, 0.25) is 0 Å². The van der Waals surface area contributed by atoms with Crippen molar-refractivity contribution < 1.29 is 28.8 Å². The number of hydrogen-bond donors (Lipinski definition) is 1. The number of benzene rings is 2. The van der Waals surface area contributed by atoms with Crippen LogP contribution in [0.1, 0.15) is 12.0 Å². The molecule has 0 radical (unpaired) electrons. The van der Waals surface area contributed by atoms with E-state index in [0.717, 1.165) is 5.56 Å². The van der Waals surface area contributed by atoms with Gasteiger partial charge in [-0.3, -0.25) is 24.5 Å².